The molecule has 0 aliphatic carbocycles. The van der Waals surface area contributed by atoms with Crippen molar-refractivity contribution in [3.05, 3.63) is 0 Å². The number of thioether (sulfide) groups is 1. The largest absolute Gasteiger partial charge is 0.160 e. The van der Waals surface area contributed by atoms with Gasteiger partial charge in [0.1, 0.15) is 0 Å². The summed E-state index contributed by atoms with van der Waals surface area (Å²) in [6.07, 6.45) is 4.58. The first-order valence-corrected chi connectivity index (χ1v) is 10.3. The minimum atomic E-state index is -0.340. The molecule has 0 N–H and O–H groups in total. The molecule has 4 heteroatoms. The molecule has 0 radical (unpaired) electrons. The molecule has 0 unspecified atom stereocenters. The zero-order chi connectivity index (χ0) is 8.32. The average Bonchev–Trinajstić information content (AvgIpc) is 1.97. The van der Waals surface area contributed by atoms with Crippen molar-refractivity contribution in [2.75, 3.05) is 29.8 Å². The van der Waals surface area contributed by atoms with Gasteiger partial charge in [0.2, 0.25) is 0 Å². The second-order valence-corrected chi connectivity index (χ2v) is 13.0. The van der Waals surface area contributed by atoms with Gasteiger partial charge in [-0.3, -0.25) is 0 Å². The van der Waals surface area contributed by atoms with Crippen molar-refractivity contribution in [1.29, 1.82) is 0 Å². The Bertz CT molecular complexity index is 109. The molecular formula is C7H16S4. The van der Waals surface area contributed by atoms with Crippen molar-refractivity contribution in [3.8, 4) is 0 Å². The molecule has 68 valence electrons. The molecule has 1 saturated heterocycles. The molecule has 0 spiro atoms. The molecule has 1 fully saturated rings. The first-order chi connectivity index (χ1) is 5.29. The van der Waals surface area contributed by atoms with Crippen LogP contribution >= 0.6 is 41.4 Å². The Morgan fingerprint density at radius 1 is 1.36 bits per heavy atom. The minimum absolute atomic E-state index is 0.340. The van der Waals surface area contributed by atoms with Crippen molar-refractivity contribution >= 4 is 41.4 Å². The molecule has 0 nitrogen and oxygen atoms in total. The van der Waals surface area contributed by atoms with Crippen molar-refractivity contribution < 1.29 is 0 Å². The van der Waals surface area contributed by atoms with Gasteiger partial charge in [-0.15, -0.1) is 29.7 Å². The van der Waals surface area contributed by atoms with Crippen molar-refractivity contribution in [2.24, 2.45) is 0 Å². The lowest BCUT2D eigenvalue weighted by atomic mass is 10.5. The van der Waals surface area contributed by atoms with E-state index in [4.69, 9.17) is 0 Å². The fraction of sp³-hybridized carbons (Fsp3) is 1.00. The summed E-state index contributed by atoms with van der Waals surface area (Å²) in [6.45, 7) is 2.35. The van der Waals surface area contributed by atoms with Crippen LogP contribution in [0.15, 0.2) is 0 Å². The van der Waals surface area contributed by atoms with Gasteiger partial charge in [-0.25, -0.2) is 0 Å². The van der Waals surface area contributed by atoms with E-state index in [0.29, 0.717) is 0 Å². The SMILES string of the molecule is CCS(SC)(SC)C1CSC1. The Morgan fingerprint density at radius 2 is 1.91 bits per heavy atom. The van der Waals surface area contributed by atoms with Crippen molar-refractivity contribution in [1.82, 2.24) is 0 Å². The Morgan fingerprint density at radius 3 is 2.00 bits per heavy atom. The summed E-state index contributed by atoms with van der Waals surface area (Å²) in [5.41, 5.74) is 0. The van der Waals surface area contributed by atoms with E-state index in [1.807, 2.05) is 0 Å². The highest BCUT2D eigenvalue weighted by Crippen LogP contribution is 2.73. The van der Waals surface area contributed by atoms with E-state index in [1.165, 1.54) is 17.3 Å². The van der Waals surface area contributed by atoms with Gasteiger partial charge in [0.15, 0.2) is 0 Å². The third-order valence-corrected chi connectivity index (χ3v) is 15.9. The van der Waals surface area contributed by atoms with Gasteiger partial charge >= 0.3 is 0 Å². The van der Waals surface area contributed by atoms with Gasteiger partial charge in [0.05, 0.1) is 0 Å². The van der Waals surface area contributed by atoms with E-state index in [9.17, 15) is 0 Å². The van der Waals surface area contributed by atoms with Crippen LogP contribution < -0.4 is 0 Å². The Kier molecular flexibility index (Phi) is 4.37. The zero-order valence-electron chi connectivity index (χ0n) is 7.33. The quantitative estimate of drug-likeness (QED) is 0.676. The zero-order valence-corrected chi connectivity index (χ0v) is 10.6. The molecular weight excluding hydrogens is 212 g/mol. The molecule has 1 heterocycles. The van der Waals surface area contributed by atoms with Crippen LogP contribution in [0.1, 0.15) is 6.92 Å². The number of hydrogen-bond donors (Lipinski definition) is 0. The summed E-state index contributed by atoms with van der Waals surface area (Å²) in [7, 11) is 3.93. The fourth-order valence-corrected chi connectivity index (χ4v) is 12.2. The molecule has 1 rings (SSSR count). The molecule has 0 bridgehead atoms. The summed E-state index contributed by atoms with van der Waals surface area (Å²) >= 11 is 2.11. The minimum Gasteiger partial charge on any atom is -0.160 e. The van der Waals surface area contributed by atoms with Crippen molar-refractivity contribution in [3.63, 3.8) is 0 Å². The second-order valence-electron chi connectivity index (χ2n) is 2.44. The van der Waals surface area contributed by atoms with E-state index in [0.717, 1.165) is 5.25 Å². The molecule has 0 aromatic heterocycles. The molecule has 0 atom stereocenters. The van der Waals surface area contributed by atoms with Gasteiger partial charge in [0, 0.05) is 16.8 Å². The molecule has 0 amide bonds. The van der Waals surface area contributed by atoms with Crippen molar-refractivity contribution in [2.45, 2.75) is 12.2 Å². The topological polar surface area (TPSA) is 0 Å². The van der Waals surface area contributed by atoms with Gasteiger partial charge in [-0.1, -0.05) is 6.92 Å². The lowest BCUT2D eigenvalue weighted by molar-refractivity contribution is 1.08. The summed E-state index contributed by atoms with van der Waals surface area (Å²) in [6, 6.07) is 0. The van der Waals surface area contributed by atoms with Crippen LogP contribution in [0.5, 0.6) is 0 Å². The van der Waals surface area contributed by atoms with E-state index in [2.05, 4.69) is 52.8 Å². The molecule has 0 aromatic carbocycles. The predicted molar refractivity (Wildman–Crippen MR) is 66.3 cm³/mol. The summed E-state index contributed by atoms with van der Waals surface area (Å²) < 4.78 is 0. The lowest BCUT2D eigenvalue weighted by Gasteiger charge is -2.46. The highest BCUT2D eigenvalue weighted by atomic mass is 33.6. The van der Waals surface area contributed by atoms with Gasteiger partial charge in [-0.2, -0.15) is 11.8 Å². The van der Waals surface area contributed by atoms with Gasteiger partial charge in [-0.05, 0) is 18.3 Å². The third-order valence-electron chi connectivity index (χ3n) is 2.08. The van der Waals surface area contributed by atoms with Crippen LogP contribution in [0.4, 0.5) is 0 Å². The first kappa shape index (κ1) is 10.5. The third kappa shape index (κ3) is 2.01. The highest BCUT2D eigenvalue weighted by molar-refractivity contribution is 9.25. The molecule has 1 aliphatic heterocycles. The van der Waals surface area contributed by atoms with E-state index in [-0.39, 0.29) is 8.09 Å². The normalized spacial score (nSPS) is 21.4. The van der Waals surface area contributed by atoms with Crippen LogP contribution in [-0.2, 0) is 0 Å². The Hall–Kier alpha value is 1.40. The fourth-order valence-electron chi connectivity index (χ4n) is 1.23. The predicted octanol–water partition coefficient (Wildman–Crippen LogP) is 3.48. The average molecular weight is 228 g/mol. The maximum absolute atomic E-state index is 2.35. The van der Waals surface area contributed by atoms with Crippen LogP contribution in [-0.4, -0.2) is 35.0 Å². The molecule has 0 saturated carbocycles. The summed E-state index contributed by atoms with van der Waals surface area (Å²) in [5, 5.41) is 1.04. The second kappa shape index (κ2) is 4.58. The summed E-state index contributed by atoms with van der Waals surface area (Å²) in [5.74, 6) is 4.23. The van der Waals surface area contributed by atoms with Gasteiger partial charge in [0.25, 0.3) is 0 Å². The summed E-state index contributed by atoms with van der Waals surface area (Å²) in [4.78, 5) is 0. The standard InChI is InChI=1S/C7H16S4/c1-4-11(8-2,9-3)7-5-10-6-7/h7H,4-6H2,1-3H3. The van der Waals surface area contributed by atoms with Crippen LogP contribution in [0.25, 0.3) is 0 Å². The molecule has 1 aliphatic rings. The highest BCUT2D eigenvalue weighted by Gasteiger charge is 2.35. The van der Waals surface area contributed by atoms with Crippen LogP contribution in [0, 0.1) is 0 Å². The maximum Gasteiger partial charge on any atom is 0.0242 e. The number of hydrogen-bond acceptors (Lipinski definition) is 3. The Balaban J connectivity index is 2.54. The first-order valence-electron chi connectivity index (χ1n) is 3.78. The lowest BCUT2D eigenvalue weighted by Crippen LogP contribution is -2.29. The van der Waals surface area contributed by atoms with E-state index >= 15 is 0 Å². The van der Waals surface area contributed by atoms with Crippen LogP contribution in [0.3, 0.4) is 0 Å². The Labute approximate surface area is 83.2 Å². The molecule has 11 heavy (non-hydrogen) atoms. The van der Waals surface area contributed by atoms with Gasteiger partial charge < -0.3 is 0 Å². The smallest absolute Gasteiger partial charge is 0.0242 e. The monoisotopic (exact) mass is 228 g/mol. The molecule has 0 aromatic rings. The van der Waals surface area contributed by atoms with E-state index < -0.39 is 0 Å². The number of rotatable bonds is 4. The van der Waals surface area contributed by atoms with E-state index in [1.54, 1.807) is 0 Å². The maximum atomic E-state index is 2.35. The van der Waals surface area contributed by atoms with Crippen LogP contribution in [0.2, 0.25) is 0 Å².